The number of nitrogens with zero attached hydrogens (tertiary/aromatic N) is 2. The molecule has 0 radical (unpaired) electrons. The van der Waals surface area contributed by atoms with Gasteiger partial charge in [0, 0.05) is 41.8 Å². The second-order valence-electron chi connectivity index (χ2n) is 12.6. The molecular formula is C42H38N4O5S. The van der Waals surface area contributed by atoms with E-state index in [9.17, 15) is 14.7 Å². The molecule has 7 rings (SSSR count). The van der Waals surface area contributed by atoms with E-state index in [2.05, 4.69) is 38.8 Å². The van der Waals surface area contributed by atoms with E-state index in [1.807, 2.05) is 103 Å². The lowest BCUT2D eigenvalue weighted by atomic mass is 9.99. The number of carbonyl (C=O) groups is 2. The number of aromatic nitrogens is 2. The minimum Gasteiger partial charge on any atom is -0.392 e. The van der Waals surface area contributed by atoms with Crippen LogP contribution < -0.4 is 10.6 Å². The van der Waals surface area contributed by atoms with Gasteiger partial charge in [0.2, 0.25) is 5.91 Å². The number of hydrogen-bond donors (Lipinski definition) is 3. The van der Waals surface area contributed by atoms with Gasteiger partial charge in [-0.25, -0.2) is 4.98 Å². The zero-order chi connectivity index (χ0) is 35.9. The Kier molecular flexibility index (Phi) is 11.0. The number of fused-ring (bicyclic) bond motifs is 1. The third-order valence-corrected chi connectivity index (χ3v) is 9.92. The number of ether oxygens (including phenoxy) is 2. The van der Waals surface area contributed by atoms with Crippen molar-refractivity contribution >= 4 is 40.3 Å². The second-order valence-corrected chi connectivity index (χ2v) is 13.7. The lowest BCUT2D eigenvalue weighted by Gasteiger charge is -2.36. The van der Waals surface area contributed by atoms with E-state index in [1.165, 1.54) is 13.1 Å². The fourth-order valence-electron chi connectivity index (χ4n) is 6.11. The summed E-state index contributed by atoms with van der Waals surface area (Å²) in [5.74, 6) is 0.324. The molecule has 0 bridgehead atoms. The number of amides is 2. The first-order valence-corrected chi connectivity index (χ1v) is 18.1. The van der Waals surface area contributed by atoms with Crippen molar-refractivity contribution in [1.29, 1.82) is 0 Å². The first kappa shape index (κ1) is 35.0. The van der Waals surface area contributed by atoms with Gasteiger partial charge in [0.25, 0.3) is 5.91 Å². The highest BCUT2D eigenvalue weighted by Crippen LogP contribution is 2.40. The van der Waals surface area contributed by atoms with Crippen molar-refractivity contribution in [3.63, 3.8) is 0 Å². The maximum atomic E-state index is 12.9. The monoisotopic (exact) mass is 710 g/mol. The molecule has 3 atom stereocenters. The lowest BCUT2D eigenvalue weighted by Crippen LogP contribution is -2.31. The molecule has 2 amide bonds. The van der Waals surface area contributed by atoms with E-state index in [-0.39, 0.29) is 36.3 Å². The molecule has 0 unspecified atom stereocenters. The summed E-state index contributed by atoms with van der Waals surface area (Å²) in [6.07, 6.45) is 1.25. The Bertz CT molecular complexity index is 2180. The van der Waals surface area contributed by atoms with Gasteiger partial charge in [0.05, 0.1) is 36.0 Å². The van der Waals surface area contributed by atoms with Crippen LogP contribution in [0.25, 0.3) is 22.2 Å². The van der Waals surface area contributed by atoms with Crippen LogP contribution in [0.15, 0.2) is 132 Å². The number of aliphatic hydroxyl groups is 1. The normalized spacial score (nSPS) is 17.1. The number of nitrogens with one attached hydrogen (secondary N) is 2. The predicted octanol–water partition coefficient (Wildman–Crippen LogP) is 8.02. The van der Waals surface area contributed by atoms with E-state index in [0.29, 0.717) is 24.2 Å². The minimum atomic E-state index is -0.602. The van der Waals surface area contributed by atoms with Gasteiger partial charge in [0.15, 0.2) is 6.29 Å². The maximum absolute atomic E-state index is 12.9. The largest absolute Gasteiger partial charge is 0.392 e. The number of aliphatic hydroxyl groups excluding tert-OH is 1. The summed E-state index contributed by atoms with van der Waals surface area (Å²) in [7, 11) is 0. The van der Waals surface area contributed by atoms with Gasteiger partial charge in [-0.1, -0.05) is 72.8 Å². The zero-order valence-electron chi connectivity index (χ0n) is 28.6. The highest BCUT2D eigenvalue weighted by molar-refractivity contribution is 7.99. The van der Waals surface area contributed by atoms with Gasteiger partial charge < -0.3 is 25.2 Å². The molecule has 0 saturated carbocycles. The van der Waals surface area contributed by atoms with Crippen LogP contribution in [0.1, 0.15) is 58.5 Å². The average molecular weight is 711 g/mol. The van der Waals surface area contributed by atoms with E-state index in [1.54, 1.807) is 11.8 Å². The second kappa shape index (κ2) is 16.3. The summed E-state index contributed by atoms with van der Waals surface area (Å²) in [5.41, 5.74) is 8.17. The van der Waals surface area contributed by atoms with Gasteiger partial charge in [-0.2, -0.15) is 0 Å². The van der Waals surface area contributed by atoms with Crippen molar-refractivity contribution in [2.45, 2.75) is 49.9 Å². The Morgan fingerprint density at radius 3 is 2.33 bits per heavy atom. The van der Waals surface area contributed by atoms with Crippen LogP contribution in [0.3, 0.4) is 0 Å². The fraction of sp³-hybridized carbons (Fsp3) is 0.190. The number of rotatable bonds is 11. The van der Waals surface area contributed by atoms with Crippen LogP contribution >= 0.6 is 11.8 Å². The number of para-hydroxylation sites is 2. The van der Waals surface area contributed by atoms with Crippen molar-refractivity contribution < 1.29 is 24.2 Å². The van der Waals surface area contributed by atoms with Crippen molar-refractivity contribution in [2.24, 2.45) is 0 Å². The van der Waals surface area contributed by atoms with Crippen molar-refractivity contribution in [2.75, 3.05) is 11.1 Å². The summed E-state index contributed by atoms with van der Waals surface area (Å²) in [4.78, 5) is 34.3. The molecular weight excluding hydrogens is 673 g/mol. The Balaban J connectivity index is 1.06. The van der Waals surface area contributed by atoms with E-state index in [0.717, 1.165) is 49.5 Å². The third-order valence-electron chi connectivity index (χ3n) is 8.78. The molecule has 0 aliphatic carbocycles. The molecule has 9 nitrogen and oxygen atoms in total. The average Bonchev–Trinajstić information content (AvgIpc) is 3.19. The van der Waals surface area contributed by atoms with E-state index >= 15 is 0 Å². The molecule has 2 heterocycles. The maximum Gasteiger partial charge on any atom is 0.271 e. The smallest absolute Gasteiger partial charge is 0.271 e. The molecule has 0 spiro atoms. The topological polar surface area (TPSA) is 123 Å². The quantitative estimate of drug-likeness (QED) is 0.116. The summed E-state index contributed by atoms with van der Waals surface area (Å²) in [6.45, 7) is 1.81. The molecule has 3 N–H and O–H groups in total. The SMILES string of the molecule is CC(=O)Nc1ccc(SC[C@@H]2C[C@H](c3ccc(CO)cc3)O[C@H](c3cccc(-c4cccc(CNC(=O)c5cnc6ccccc6n5)c4)c3)O2)cc1. The molecule has 1 saturated heterocycles. The van der Waals surface area contributed by atoms with Crippen LogP contribution in [0.4, 0.5) is 5.69 Å². The minimum absolute atomic E-state index is 0.0168. The van der Waals surface area contributed by atoms with Crippen LogP contribution in [0.2, 0.25) is 0 Å². The molecule has 1 aromatic heterocycles. The van der Waals surface area contributed by atoms with Gasteiger partial charge in [0.1, 0.15) is 5.69 Å². The highest BCUT2D eigenvalue weighted by atomic mass is 32.2. The van der Waals surface area contributed by atoms with Gasteiger partial charge >= 0.3 is 0 Å². The molecule has 10 heteroatoms. The first-order chi connectivity index (χ1) is 25.4. The number of hydrogen-bond acceptors (Lipinski definition) is 8. The Hall–Kier alpha value is -5.39. The molecule has 1 fully saturated rings. The van der Waals surface area contributed by atoms with Gasteiger partial charge in [-0.05, 0) is 76.3 Å². The van der Waals surface area contributed by atoms with Crippen LogP contribution in [0.5, 0.6) is 0 Å². The Morgan fingerprint density at radius 2 is 1.56 bits per heavy atom. The zero-order valence-corrected chi connectivity index (χ0v) is 29.4. The first-order valence-electron chi connectivity index (χ1n) is 17.1. The highest BCUT2D eigenvalue weighted by Gasteiger charge is 2.32. The van der Waals surface area contributed by atoms with Crippen LogP contribution in [-0.4, -0.2) is 38.7 Å². The van der Waals surface area contributed by atoms with Crippen LogP contribution in [-0.2, 0) is 27.4 Å². The van der Waals surface area contributed by atoms with Gasteiger partial charge in [-0.15, -0.1) is 11.8 Å². The molecule has 5 aromatic carbocycles. The van der Waals surface area contributed by atoms with E-state index in [4.69, 9.17) is 9.47 Å². The van der Waals surface area contributed by atoms with Crippen LogP contribution in [0, 0.1) is 0 Å². The van der Waals surface area contributed by atoms with Crippen molar-refractivity contribution in [3.05, 3.63) is 155 Å². The summed E-state index contributed by atoms with van der Waals surface area (Å²) in [5, 5.41) is 15.4. The van der Waals surface area contributed by atoms with E-state index < -0.39 is 6.29 Å². The predicted molar refractivity (Wildman–Crippen MR) is 202 cm³/mol. The standard InChI is InChI=1S/C42H38N4O5S/c1-27(48)45-34-16-18-36(19-17-34)52-26-35-22-40(30-14-12-28(25-47)13-15-30)51-42(50-35)33-9-5-8-32(21-33)31-7-4-6-29(20-31)23-44-41(49)39-24-43-37-10-2-3-11-38(37)46-39/h2-21,24,35,40,42,47H,22-23,25-26H2,1H3,(H,44,49)(H,45,48)/t35-,40+,42+/m0/s1. The number of carbonyl (C=O) groups excluding carboxylic acids is 2. The molecule has 52 heavy (non-hydrogen) atoms. The third kappa shape index (κ3) is 8.72. The molecule has 1 aliphatic rings. The Morgan fingerprint density at radius 1 is 0.808 bits per heavy atom. The number of anilines is 1. The summed E-state index contributed by atoms with van der Waals surface area (Å²) in [6, 6.07) is 39.4. The summed E-state index contributed by atoms with van der Waals surface area (Å²) >= 11 is 1.70. The molecule has 6 aromatic rings. The number of thioether (sulfide) groups is 1. The fourth-order valence-corrected chi connectivity index (χ4v) is 7.04. The summed E-state index contributed by atoms with van der Waals surface area (Å²) < 4.78 is 13.2. The van der Waals surface area contributed by atoms with Gasteiger partial charge in [-0.3, -0.25) is 14.6 Å². The molecule has 1 aliphatic heterocycles. The van der Waals surface area contributed by atoms with Crippen molar-refractivity contribution in [1.82, 2.24) is 15.3 Å². The number of benzene rings is 5. The molecule has 262 valence electrons. The Labute approximate surface area is 306 Å². The van der Waals surface area contributed by atoms with Crippen molar-refractivity contribution in [3.8, 4) is 11.1 Å². The lowest BCUT2D eigenvalue weighted by molar-refractivity contribution is -0.245.